The molecule has 0 fully saturated rings. The number of benzene rings is 2. The molecule has 0 spiro atoms. The van der Waals surface area contributed by atoms with E-state index in [1.54, 1.807) is 17.9 Å². The summed E-state index contributed by atoms with van der Waals surface area (Å²) in [5.41, 5.74) is 5.52. The molecule has 6 nitrogen and oxygen atoms in total. The van der Waals surface area contributed by atoms with Crippen molar-refractivity contribution in [3.63, 3.8) is 0 Å². The molecule has 3 aromatic rings. The van der Waals surface area contributed by atoms with Crippen LogP contribution in [0.3, 0.4) is 0 Å². The molecule has 1 aliphatic rings. The molecule has 7 heteroatoms. The molecule has 1 atom stereocenters. The topological polar surface area (TPSA) is 68.2 Å². The van der Waals surface area contributed by atoms with E-state index < -0.39 is 6.04 Å². The number of aromatic nitrogens is 2. The van der Waals surface area contributed by atoms with Gasteiger partial charge < -0.3 is 15.4 Å². The highest BCUT2D eigenvalue weighted by atomic mass is 35.5. The average molecular weight is 413 g/mol. The van der Waals surface area contributed by atoms with Crippen LogP contribution in [0.1, 0.15) is 22.7 Å². The molecule has 1 aromatic heterocycles. The fourth-order valence-corrected chi connectivity index (χ4v) is 3.51. The monoisotopic (exact) mass is 412 g/mol. The van der Waals surface area contributed by atoms with Gasteiger partial charge in [-0.3, -0.25) is 9.48 Å². The fourth-order valence-electron chi connectivity index (χ4n) is 3.51. The second kappa shape index (κ2) is 9.11. The Balaban J connectivity index is 0.00000240. The van der Waals surface area contributed by atoms with Crippen LogP contribution in [-0.2, 0) is 24.8 Å². The average Bonchev–Trinajstić information content (AvgIpc) is 3.35. The fraction of sp³-hybridized carbons (Fsp3) is 0.273. The Morgan fingerprint density at radius 1 is 1.21 bits per heavy atom. The van der Waals surface area contributed by atoms with E-state index >= 15 is 0 Å². The molecule has 0 saturated carbocycles. The maximum Gasteiger partial charge on any atom is 0.242 e. The Kier molecular flexibility index (Phi) is 6.56. The van der Waals surface area contributed by atoms with Crippen molar-refractivity contribution < 1.29 is 9.53 Å². The molecule has 1 aliphatic heterocycles. The van der Waals surface area contributed by atoms with Gasteiger partial charge in [-0.25, -0.2) is 0 Å². The molecular weight excluding hydrogens is 388 g/mol. The summed E-state index contributed by atoms with van der Waals surface area (Å²) in [6.07, 6.45) is 4.52. The number of halogens is 1. The maximum atomic E-state index is 12.5. The quantitative estimate of drug-likeness (QED) is 0.653. The summed E-state index contributed by atoms with van der Waals surface area (Å²) in [6.45, 7) is 1.25. The molecular formula is C22H25ClN4O2. The smallest absolute Gasteiger partial charge is 0.242 e. The van der Waals surface area contributed by atoms with Gasteiger partial charge in [-0.05, 0) is 41.4 Å². The van der Waals surface area contributed by atoms with Gasteiger partial charge in [0, 0.05) is 31.8 Å². The minimum Gasteiger partial charge on any atom is -0.493 e. The molecule has 2 aromatic carbocycles. The van der Waals surface area contributed by atoms with E-state index in [2.05, 4.69) is 52.1 Å². The number of ether oxygens (including phenoxy) is 1. The molecule has 1 amide bonds. The molecule has 152 valence electrons. The molecule has 1 unspecified atom stereocenters. The molecule has 2 N–H and O–H groups in total. The van der Waals surface area contributed by atoms with Crippen molar-refractivity contribution >= 4 is 18.3 Å². The number of amides is 1. The lowest BCUT2D eigenvalue weighted by atomic mass is 10.0. The molecule has 29 heavy (non-hydrogen) atoms. The summed E-state index contributed by atoms with van der Waals surface area (Å²) in [6, 6.07) is 14.2. The summed E-state index contributed by atoms with van der Waals surface area (Å²) in [7, 11) is 3.61. The van der Waals surface area contributed by atoms with Gasteiger partial charge in [0.05, 0.1) is 12.8 Å². The number of rotatable bonds is 6. The van der Waals surface area contributed by atoms with Crippen LogP contribution >= 0.6 is 12.4 Å². The predicted molar refractivity (Wildman–Crippen MR) is 115 cm³/mol. The molecule has 2 heterocycles. The lowest BCUT2D eigenvalue weighted by Crippen LogP contribution is -2.35. The van der Waals surface area contributed by atoms with E-state index in [9.17, 15) is 4.79 Å². The van der Waals surface area contributed by atoms with E-state index in [1.807, 2.05) is 19.3 Å². The molecule has 0 aliphatic carbocycles. The number of likely N-dealkylation sites (N-methyl/N-ethyl adjacent to an activating group) is 1. The standard InChI is InChI=1S/C22H24N4O2.ClH/c1-23-21(19-13-25-26(2)14-19)22(27)24-12-15-3-5-16(6-4-15)17-7-8-20-18(11-17)9-10-28-20;/h3-8,11,13-14,21,23H,9-10,12H2,1-2H3,(H,24,27);1H. The number of aryl methyl sites for hydroxylation is 1. The highest BCUT2D eigenvalue weighted by molar-refractivity contribution is 5.85. The first-order valence-electron chi connectivity index (χ1n) is 9.42. The molecule has 0 saturated heterocycles. The predicted octanol–water partition coefficient (Wildman–Crippen LogP) is 3.02. The number of carbonyl (C=O) groups is 1. The van der Waals surface area contributed by atoms with E-state index in [0.29, 0.717) is 6.54 Å². The van der Waals surface area contributed by atoms with E-state index in [4.69, 9.17) is 4.74 Å². The zero-order chi connectivity index (χ0) is 19.5. The Morgan fingerprint density at radius 3 is 2.66 bits per heavy atom. The van der Waals surface area contributed by atoms with E-state index in [0.717, 1.165) is 35.5 Å². The molecule has 0 radical (unpaired) electrons. The number of hydrogen-bond acceptors (Lipinski definition) is 4. The largest absolute Gasteiger partial charge is 0.493 e. The van der Waals surface area contributed by atoms with Crippen LogP contribution in [0.5, 0.6) is 5.75 Å². The van der Waals surface area contributed by atoms with Crippen molar-refractivity contribution in [2.45, 2.75) is 19.0 Å². The first-order chi connectivity index (χ1) is 13.6. The van der Waals surface area contributed by atoms with Gasteiger partial charge in [-0.15, -0.1) is 12.4 Å². The number of carbonyl (C=O) groups excluding carboxylic acids is 1. The van der Waals surface area contributed by atoms with Crippen LogP contribution in [0, 0.1) is 0 Å². The zero-order valence-electron chi connectivity index (χ0n) is 16.5. The Hall–Kier alpha value is -2.83. The highest BCUT2D eigenvalue weighted by Gasteiger charge is 2.19. The Labute approximate surface area is 176 Å². The second-order valence-electron chi connectivity index (χ2n) is 7.00. The van der Waals surface area contributed by atoms with Gasteiger partial charge in [-0.2, -0.15) is 5.10 Å². The number of hydrogen-bond donors (Lipinski definition) is 2. The van der Waals surface area contributed by atoms with E-state index in [-0.39, 0.29) is 18.3 Å². The summed E-state index contributed by atoms with van der Waals surface area (Å²) in [5.74, 6) is 0.925. The van der Waals surface area contributed by atoms with Crippen molar-refractivity contribution in [2.24, 2.45) is 7.05 Å². The zero-order valence-corrected chi connectivity index (χ0v) is 17.3. The van der Waals surface area contributed by atoms with Crippen LogP contribution in [-0.4, -0.2) is 29.3 Å². The van der Waals surface area contributed by atoms with E-state index in [1.165, 1.54) is 11.1 Å². The minimum atomic E-state index is -0.415. The van der Waals surface area contributed by atoms with Crippen molar-refractivity contribution in [1.29, 1.82) is 0 Å². The normalized spacial score (nSPS) is 13.2. The first kappa shape index (κ1) is 20.9. The second-order valence-corrected chi connectivity index (χ2v) is 7.00. The Morgan fingerprint density at radius 2 is 1.97 bits per heavy atom. The van der Waals surface area contributed by atoms with Gasteiger partial charge >= 0.3 is 0 Å². The van der Waals surface area contributed by atoms with Crippen molar-refractivity contribution in [2.75, 3.05) is 13.7 Å². The third kappa shape index (κ3) is 4.60. The maximum absolute atomic E-state index is 12.5. The third-order valence-electron chi connectivity index (χ3n) is 5.05. The van der Waals surface area contributed by atoms with Gasteiger partial charge in [0.2, 0.25) is 5.91 Å². The summed E-state index contributed by atoms with van der Waals surface area (Å²) in [5, 5.41) is 10.2. The minimum absolute atomic E-state index is 0. The lowest BCUT2D eigenvalue weighted by molar-refractivity contribution is -0.123. The Bertz CT molecular complexity index is 985. The number of nitrogens with one attached hydrogen (secondary N) is 2. The SMILES string of the molecule is CNC(C(=O)NCc1ccc(-c2ccc3c(c2)CCO3)cc1)c1cnn(C)c1.Cl. The van der Waals surface area contributed by atoms with Gasteiger partial charge in [0.1, 0.15) is 11.8 Å². The molecule has 0 bridgehead atoms. The van der Waals surface area contributed by atoms with Crippen LogP contribution < -0.4 is 15.4 Å². The third-order valence-corrected chi connectivity index (χ3v) is 5.05. The van der Waals surface area contributed by atoms with Crippen molar-refractivity contribution in [3.05, 3.63) is 71.5 Å². The van der Waals surface area contributed by atoms with Gasteiger partial charge in [0.25, 0.3) is 0 Å². The van der Waals surface area contributed by atoms with Gasteiger partial charge in [-0.1, -0.05) is 30.3 Å². The van der Waals surface area contributed by atoms with Crippen LogP contribution in [0.2, 0.25) is 0 Å². The summed E-state index contributed by atoms with van der Waals surface area (Å²) >= 11 is 0. The number of fused-ring (bicyclic) bond motifs is 1. The lowest BCUT2D eigenvalue weighted by Gasteiger charge is -2.14. The van der Waals surface area contributed by atoms with Crippen LogP contribution in [0.25, 0.3) is 11.1 Å². The van der Waals surface area contributed by atoms with Crippen LogP contribution in [0.4, 0.5) is 0 Å². The van der Waals surface area contributed by atoms with Crippen molar-refractivity contribution in [1.82, 2.24) is 20.4 Å². The van der Waals surface area contributed by atoms with Gasteiger partial charge in [0.15, 0.2) is 0 Å². The molecule has 4 rings (SSSR count). The highest BCUT2D eigenvalue weighted by Crippen LogP contribution is 2.30. The summed E-state index contributed by atoms with van der Waals surface area (Å²) in [4.78, 5) is 12.5. The first-order valence-corrected chi connectivity index (χ1v) is 9.42. The van der Waals surface area contributed by atoms with Crippen molar-refractivity contribution in [3.8, 4) is 16.9 Å². The number of nitrogens with zero attached hydrogens (tertiary/aromatic N) is 2. The summed E-state index contributed by atoms with van der Waals surface area (Å²) < 4.78 is 7.27. The van der Waals surface area contributed by atoms with Crippen LogP contribution in [0.15, 0.2) is 54.9 Å².